The molecule has 0 atom stereocenters. The first-order valence-electron chi connectivity index (χ1n) is 5.91. The van der Waals surface area contributed by atoms with Crippen LogP contribution in [0.3, 0.4) is 0 Å². The summed E-state index contributed by atoms with van der Waals surface area (Å²) < 4.78 is 131. The van der Waals surface area contributed by atoms with Crippen LogP contribution in [-0.4, -0.2) is 22.4 Å². The number of hydrogen-bond donors (Lipinski definition) is 3. The Kier molecular flexibility index (Phi) is 6.62. The second kappa shape index (κ2) is 7.93. The highest BCUT2D eigenvalue weighted by atomic mass is 19.2. The first kappa shape index (κ1) is 21.7. The molecule has 3 N–H and O–H groups in total. The van der Waals surface area contributed by atoms with E-state index in [0.29, 0.717) is 0 Å². The zero-order valence-electron chi connectivity index (χ0n) is 11.7. The second-order valence-corrected chi connectivity index (χ2v) is 4.24. The molecular formula is C12H3BF10O3. The van der Waals surface area contributed by atoms with Gasteiger partial charge in [0.15, 0.2) is 46.5 Å². The lowest BCUT2D eigenvalue weighted by atomic mass is 10.0. The van der Waals surface area contributed by atoms with Crippen molar-refractivity contribution in [2.75, 3.05) is 0 Å². The molecule has 14 heteroatoms. The predicted molar refractivity (Wildman–Crippen MR) is 63.9 cm³/mol. The Bertz CT molecular complexity index is 730. The van der Waals surface area contributed by atoms with Gasteiger partial charge in [0.2, 0.25) is 11.6 Å². The third-order valence-corrected chi connectivity index (χ3v) is 2.67. The molecule has 142 valence electrons. The van der Waals surface area contributed by atoms with E-state index < -0.39 is 76.6 Å². The van der Waals surface area contributed by atoms with Crippen LogP contribution in [0.4, 0.5) is 43.9 Å². The van der Waals surface area contributed by atoms with Crippen LogP contribution in [0.15, 0.2) is 0 Å². The van der Waals surface area contributed by atoms with E-state index in [9.17, 15) is 43.9 Å². The molecule has 3 nitrogen and oxygen atoms in total. The molecule has 2 aromatic rings. The third-order valence-electron chi connectivity index (χ3n) is 2.67. The minimum absolute atomic E-state index is 2.17. The zero-order chi connectivity index (χ0) is 20.5. The monoisotopic (exact) mass is 396 g/mol. The summed E-state index contributed by atoms with van der Waals surface area (Å²) in [6.07, 6.45) is 0. The van der Waals surface area contributed by atoms with E-state index >= 15 is 0 Å². The van der Waals surface area contributed by atoms with Gasteiger partial charge in [-0.15, -0.1) is 0 Å². The first-order valence-corrected chi connectivity index (χ1v) is 5.91. The summed E-state index contributed by atoms with van der Waals surface area (Å²) in [5.74, 6) is -26.6. The van der Waals surface area contributed by atoms with Gasteiger partial charge in [-0.25, -0.2) is 43.9 Å². The molecule has 2 aromatic carbocycles. The molecule has 0 aliphatic carbocycles. The quantitative estimate of drug-likeness (QED) is 0.301. The number of halogens is 10. The maximum absolute atomic E-state index is 13.4. The van der Waals surface area contributed by atoms with Crippen LogP contribution in [0.5, 0.6) is 0 Å². The normalized spacial score (nSPS) is 10.5. The van der Waals surface area contributed by atoms with Crippen molar-refractivity contribution in [1.82, 2.24) is 0 Å². The maximum Gasteiger partial charge on any atom is 0.631 e. The van der Waals surface area contributed by atoms with Crippen LogP contribution in [-0.2, 0) is 0 Å². The molecule has 0 heterocycles. The second-order valence-electron chi connectivity index (χ2n) is 4.24. The van der Waals surface area contributed by atoms with Crippen molar-refractivity contribution >= 4 is 7.32 Å². The average Bonchev–Trinajstić information content (AvgIpc) is 2.57. The minimum Gasteiger partial charge on any atom is -0.402 e. The Labute approximate surface area is 136 Å². The van der Waals surface area contributed by atoms with Crippen molar-refractivity contribution in [2.45, 2.75) is 0 Å². The molecule has 0 aliphatic heterocycles. The van der Waals surface area contributed by atoms with E-state index in [-0.39, 0.29) is 0 Å². The first-order chi connectivity index (χ1) is 11.8. The lowest BCUT2D eigenvalue weighted by molar-refractivity contribution is 0.278. The van der Waals surface area contributed by atoms with Crippen molar-refractivity contribution in [2.24, 2.45) is 0 Å². The average molecular weight is 396 g/mol. The molecule has 2 rings (SSSR count). The van der Waals surface area contributed by atoms with Crippen molar-refractivity contribution in [1.29, 1.82) is 0 Å². The highest BCUT2D eigenvalue weighted by Gasteiger charge is 2.34. The van der Waals surface area contributed by atoms with Gasteiger partial charge in [-0.2, -0.15) is 0 Å². The fourth-order valence-electron chi connectivity index (χ4n) is 1.65. The Morgan fingerprint density at radius 2 is 0.462 bits per heavy atom. The van der Waals surface area contributed by atoms with Crippen LogP contribution >= 0.6 is 0 Å². The van der Waals surface area contributed by atoms with Crippen LogP contribution in [0.1, 0.15) is 0 Å². The van der Waals surface area contributed by atoms with Crippen LogP contribution in [0.25, 0.3) is 11.1 Å². The number of hydrogen-bond acceptors (Lipinski definition) is 3. The zero-order valence-corrected chi connectivity index (χ0v) is 11.7. The Balaban J connectivity index is 0.000000765. The van der Waals surface area contributed by atoms with Gasteiger partial charge in [0, 0.05) is 0 Å². The molecule has 0 spiro atoms. The van der Waals surface area contributed by atoms with E-state index in [1.807, 2.05) is 0 Å². The number of benzene rings is 2. The van der Waals surface area contributed by atoms with E-state index in [4.69, 9.17) is 15.1 Å². The smallest absolute Gasteiger partial charge is 0.402 e. The Morgan fingerprint density at radius 1 is 0.346 bits per heavy atom. The van der Waals surface area contributed by atoms with E-state index in [1.54, 1.807) is 0 Å². The van der Waals surface area contributed by atoms with Gasteiger partial charge in [-0.3, -0.25) is 0 Å². The topological polar surface area (TPSA) is 60.7 Å². The molecule has 0 radical (unpaired) electrons. The van der Waals surface area contributed by atoms with Gasteiger partial charge in [0.1, 0.15) is 0 Å². The standard InChI is InChI=1S/C12F10.BH3O3/c13-3-1(4(14)8(18)11(21)7(3)17)2-5(15)9(19)12(22)10(20)6(2)16;2-1(3)4/h;2-4H. The van der Waals surface area contributed by atoms with Gasteiger partial charge in [0.05, 0.1) is 11.1 Å². The molecule has 26 heavy (non-hydrogen) atoms. The summed E-state index contributed by atoms with van der Waals surface area (Å²) in [4.78, 5) is 0. The summed E-state index contributed by atoms with van der Waals surface area (Å²) in [7, 11) is -2.17. The van der Waals surface area contributed by atoms with Gasteiger partial charge >= 0.3 is 7.32 Å². The van der Waals surface area contributed by atoms with Gasteiger partial charge in [0.25, 0.3) is 0 Å². The summed E-state index contributed by atoms with van der Waals surface area (Å²) in [5.41, 5.74) is -4.52. The van der Waals surface area contributed by atoms with Gasteiger partial charge in [-0.05, 0) is 0 Å². The van der Waals surface area contributed by atoms with Crippen molar-refractivity contribution in [3.05, 3.63) is 58.2 Å². The molecule has 0 aromatic heterocycles. The predicted octanol–water partition coefficient (Wildman–Crippen LogP) is 2.69. The van der Waals surface area contributed by atoms with E-state index in [1.165, 1.54) is 0 Å². The Morgan fingerprint density at radius 3 is 0.615 bits per heavy atom. The lowest BCUT2D eigenvalue weighted by Crippen LogP contribution is -2.10. The molecule has 0 aliphatic rings. The van der Waals surface area contributed by atoms with Crippen LogP contribution in [0.2, 0.25) is 0 Å². The number of rotatable bonds is 1. The van der Waals surface area contributed by atoms with Crippen molar-refractivity contribution in [3.8, 4) is 11.1 Å². The molecule has 0 saturated heterocycles. The largest absolute Gasteiger partial charge is 0.631 e. The molecule has 0 amide bonds. The molecule has 0 saturated carbocycles. The summed E-state index contributed by atoms with van der Waals surface area (Å²) >= 11 is 0. The third kappa shape index (κ3) is 3.76. The molecular weight excluding hydrogens is 393 g/mol. The molecule has 0 unspecified atom stereocenters. The fraction of sp³-hybridized carbons (Fsp3) is 0. The highest BCUT2D eigenvalue weighted by molar-refractivity contribution is 6.30. The highest BCUT2D eigenvalue weighted by Crippen LogP contribution is 2.37. The van der Waals surface area contributed by atoms with E-state index in [0.717, 1.165) is 0 Å². The minimum atomic E-state index is -2.68. The summed E-state index contributed by atoms with van der Waals surface area (Å²) in [5, 5.41) is 21.5. The molecule has 0 fully saturated rings. The van der Waals surface area contributed by atoms with E-state index in [2.05, 4.69) is 0 Å². The summed E-state index contributed by atoms with van der Waals surface area (Å²) in [6.45, 7) is 0. The SMILES string of the molecule is Fc1c(F)c(F)c(-c2c(F)c(F)c(F)c(F)c2F)c(F)c1F.OB(O)O. The lowest BCUT2D eigenvalue weighted by Gasteiger charge is -2.11. The van der Waals surface area contributed by atoms with Gasteiger partial charge < -0.3 is 15.1 Å². The van der Waals surface area contributed by atoms with Crippen molar-refractivity contribution < 1.29 is 59.0 Å². The van der Waals surface area contributed by atoms with Gasteiger partial charge in [-0.1, -0.05) is 0 Å². The van der Waals surface area contributed by atoms with Crippen molar-refractivity contribution in [3.63, 3.8) is 0 Å². The maximum atomic E-state index is 13.4. The molecule has 0 bridgehead atoms. The fourth-order valence-corrected chi connectivity index (χ4v) is 1.65. The van der Waals surface area contributed by atoms with Crippen LogP contribution < -0.4 is 0 Å². The summed E-state index contributed by atoms with van der Waals surface area (Å²) in [6, 6.07) is 0. The van der Waals surface area contributed by atoms with Crippen LogP contribution in [0, 0.1) is 58.2 Å². The Hall–Kier alpha value is -2.32.